The van der Waals surface area contributed by atoms with Gasteiger partial charge < -0.3 is 9.72 Å². The van der Waals surface area contributed by atoms with Crippen LogP contribution < -0.4 is 4.72 Å². The van der Waals surface area contributed by atoms with Crippen molar-refractivity contribution >= 4 is 32.7 Å². The van der Waals surface area contributed by atoms with Crippen LogP contribution in [0.4, 0.5) is 0 Å². The van der Waals surface area contributed by atoms with Crippen LogP contribution in [-0.4, -0.2) is 50.6 Å². The molecule has 0 saturated carbocycles. The topological polar surface area (TPSA) is 74.4 Å². The first-order valence-electron chi connectivity index (χ1n) is 7.14. The highest BCUT2D eigenvalue weighted by Gasteiger charge is 2.23. The molecular weight excluding hydrogens is 326 g/mol. The molecule has 22 heavy (non-hydrogen) atoms. The Hall–Kier alpha value is -1.12. The quantitative estimate of drug-likeness (QED) is 0.864. The second-order valence-corrected chi connectivity index (χ2v) is 7.36. The molecule has 1 aliphatic heterocycles. The Morgan fingerprint density at radius 2 is 2.09 bits per heavy atom. The molecule has 6 nitrogen and oxygen atoms in total. The van der Waals surface area contributed by atoms with Crippen molar-refractivity contribution in [2.24, 2.45) is 0 Å². The van der Waals surface area contributed by atoms with Gasteiger partial charge in [0.05, 0.1) is 13.2 Å². The maximum Gasteiger partial charge on any atom is 0.279 e. The zero-order valence-corrected chi connectivity index (χ0v) is 13.6. The summed E-state index contributed by atoms with van der Waals surface area (Å²) in [7, 11) is -3.43. The van der Waals surface area contributed by atoms with Gasteiger partial charge in [0.1, 0.15) is 0 Å². The van der Waals surface area contributed by atoms with Gasteiger partial charge in [-0.1, -0.05) is 11.6 Å². The van der Waals surface area contributed by atoms with Crippen LogP contribution >= 0.6 is 11.6 Å². The summed E-state index contributed by atoms with van der Waals surface area (Å²) >= 11 is 6.01. The van der Waals surface area contributed by atoms with E-state index in [9.17, 15) is 8.42 Å². The molecule has 8 heteroatoms. The van der Waals surface area contributed by atoms with Crippen LogP contribution in [0.1, 0.15) is 5.56 Å². The van der Waals surface area contributed by atoms with Crippen LogP contribution in [0.5, 0.6) is 0 Å². The first-order chi connectivity index (χ1) is 10.6. The summed E-state index contributed by atoms with van der Waals surface area (Å²) in [5.41, 5.74) is 2.04. The lowest BCUT2D eigenvalue weighted by molar-refractivity contribution is 0.0725. The van der Waals surface area contributed by atoms with Gasteiger partial charge in [-0.2, -0.15) is 12.7 Å². The van der Waals surface area contributed by atoms with E-state index in [4.69, 9.17) is 16.3 Å². The molecule has 120 valence electrons. The van der Waals surface area contributed by atoms with Crippen LogP contribution in [0.2, 0.25) is 5.02 Å². The van der Waals surface area contributed by atoms with E-state index >= 15 is 0 Å². The van der Waals surface area contributed by atoms with Crippen molar-refractivity contribution in [3.8, 4) is 0 Å². The second kappa shape index (κ2) is 6.55. The van der Waals surface area contributed by atoms with Crippen molar-refractivity contribution in [3.05, 3.63) is 35.0 Å². The zero-order chi connectivity index (χ0) is 15.6. The number of nitrogens with zero attached hydrogens (tertiary/aromatic N) is 1. The molecule has 0 unspecified atom stereocenters. The lowest BCUT2D eigenvalue weighted by Crippen LogP contribution is -2.47. The van der Waals surface area contributed by atoms with Crippen LogP contribution in [-0.2, 0) is 21.4 Å². The summed E-state index contributed by atoms with van der Waals surface area (Å²) < 4.78 is 33.6. The molecule has 1 fully saturated rings. The van der Waals surface area contributed by atoms with Crippen molar-refractivity contribution < 1.29 is 13.2 Å². The number of halogens is 1. The van der Waals surface area contributed by atoms with Gasteiger partial charge >= 0.3 is 0 Å². The molecule has 1 aromatic carbocycles. The number of hydrogen-bond donors (Lipinski definition) is 2. The van der Waals surface area contributed by atoms with E-state index in [1.807, 2.05) is 24.4 Å². The lowest BCUT2D eigenvalue weighted by atomic mass is 10.1. The third kappa shape index (κ3) is 3.44. The fraction of sp³-hybridized carbons (Fsp3) is 0.429. The third-order valence-electron chi connectivity index (χ3n) is 3.72. The molecule has 0 amide bonds. The summed E-state index contributed by atoms with van der Waals surface area (Å²) in [5.74, 6) is 0. The Bertz CT molecular complexity index is 754. The smallest absolute Gasteiger partial charge is 0.279 e. The number of aromatic amines is 1. The number of aromatic nitrogens is 1. The number of nitrogens with one attached hydrogen (secondary N) is 2. The predicted molar refractivity (Wildman–Crippen MR) is 86.3 cm³/mol. The fourth-order valence-corrected chi connectivity index (χ4v) is 3.89. The number of rotatable bonds is 5. The fourth-order valence-electron chi connectivity index (χ4n) is 2.55. The van der Waals surface area contributed by atoms with E-state index in [1.165, 1.54) is 4.31 Å². The van der Waals surface area contributed by atoms with Crippen LogP contribution in [0, 0.1) is 0 Å². The number of morpholine rings is 1. The SMILES string of the molecule is O=S(=O)(NCCc1c[nH]c2ccc(Cl)cc12)N1CCOCC1. The predicted octanol–water partition coefficient (Wildman–Crippen LogP) is 1.53. The maximum absolute atomic E-state index is 12.2. The number of ether oxygens (including phenoxy) is 1. The summed E-state index contributed by atoms with van der Waals surface area (Å²) in [6.45, 7) is 2.04. The lowest BCUT2D eigenvalue weighted by Gasteiger charge is -2.26. The average molecular weight is 344 g/mol. The average Bonchev–Trinajstić information content (AvgIpc) is 2.90. The van der Waals surface area contributed by atoms with E-state index < -0.39 is 10.2 Å². The third-order valence-corrected chi connectivity index (χ3v) is 5.57. The zero-order valence-electron chi connectivity index (χ0n) is 12.0. The highest BCUT2D eigenvalue weighted by Crippen LogP contribution is 2.22. The molecule has 2 N–H and O–H groups in total. The van der Waals surface area contributed by atoms with Gasteiger partial charge in [-0.25, -0.2) is 4.72 Å². The molecule has 1 aromatic heterocycles. The Labute approximate surface area is 134 Å². The highest BCUT2D eigenvalue weighted by atomic mass is 35.5. The summed E-state index contributed by atoms with van der Waals surface area (Å²) in [4.78, 5) is 3.16. The molecule has 1 aliphatic rings. The van der Waals surface area contributed by atoms with Gasteiger partial charge in [0, 0.05) is 41.8 Å². The molecule has 2 aromatic rings. The van der Waals surface area contributed by atoms with Gasteiger partial charge in [-0.3, -0.25) is 0 Å². The molecule has 1 saturated heterocycles. The van der Waals surface area contributed by atoms with Crippen LogP contribution in [0.15, 0.2) is 24.4 Å². The van der Waals surface area contributed by atoms with E-state index in [2.05, 4.69) is 9.71 Å². The van der Waals surface area contributed by atoms with Crippen LogP contribution in [0.3, 0.4) is 0 Å². The second-order valence-electron chi connectivity index (χ2n) is 5.16. The van der Waals surface area contributed by atoms with E-state index in [0.29, 0.717) is 44.3 Å². The summed E-state index contributed by atoms with van der Waals surface area (Å²) in [6, 6.07) is 5.63. The van der Waals surface area contributed by atoms with Crippen molar-refractivity contribution in [2.45, 2.75) is 6.42 Å². The van der Waals surface area contributed by atoms with Gasteiger partial charge in [-0.15, -0.1) is 0 Å². The number of hydrogen-bond acceptors (Lipinski definition) is 3. The summed E-state index contributed by atoms with van der Waals surface area (Å²) in [5, 5.41) is 1.69. The first kappa shape index (κ1) is 15.8. The van der Waals surface area contributed by atoms with Crippen LogP contribution in [0.25, 0.3) is 10.9 Å². The minimum absolute atomic E-state index is 0.346. The van der Waals surface area contributed by atoms with Crippen molar-refractivity contribution in [1.29, 1.82) is 0 Å². The van der Waals surface area contributed by atoms with Crippen molar-refractivity contribution in [3.63, 3.8) is 0 Å². The van der Waals surface area contributed by atoms with E-state index in [0.717, 1.165) is 16.5 Å². The Kier molecular flexibility index (Phi) is 4.70. The number of H-pyrrole nitrogens is 1. The Morgan fingerprint density at radius 1 is 1.32 bits per heavy atom. The van der Waals surface area contributed by atoms with E-state index in [1.54, 1.807) is 0 Å². The number of benzene rings is 1. The molecule has 0 spiro atoms. The molecule has 0 radical (unpaired) electrons. The van der Waals surface area contributed by atoms with Gasteiger partial charge in [0.15, 0.2) is 0 Å². The molecule has 2 heterocycles. The Balaban J connectivity index is 1.63. The van der Waals surface area contributed by atoms with Gasteiger partial charge in [0.2, 0.25) is 0 Å². The van der Waals surface area contributed by atoms with Gasteiger partial charge in [0.25, 0.3) is 10.2 Å². The molecule has 3 rings (SSSR count). The monoisotopic (exact) mass is 343 g/mol. The number of fused-ring (bicyclic) bond motifs is 1. The summed E-state index contributed by atoms with van der Waals surface area (Å²) in [6.07, 6.45) is 2.49. The largest absolute Gasteiger partial charge is 0.379 e. The molecule has 0 atom stereocenters. The molecular formula is C14H18ClN3O3S. The Morgan fingerprint density at radius 3 is 2.86 bits per heavy atom. The standard InChI is InChI=1S/C14H18ClN3O3S/c15-12-1-2-14-13(9-12)11(10-16-14)3-4-17-22(19,20)18-5-7-21-8-6-18/h1-2,9-10,16-17H,3-8H2. The molecule has 0 aliphatic carbocycles. The highest BCUT2D eigenvalue weighted by molar-refractivity contribution is 7.87. The maximum atomic E-state index is 12.2. The normalized spacial score (nSPS) is 17.1. The van der Waals surface area contributed by atoms with Crippen molar-refractivity contribution in [2.75, 3.05) is 32.8 Å². The molecule has 0 bridgehead atoms. The van der Waals surface area contributed by atoms with E-state index in [-0.39, 0.29) is 0 Å². The first-order valence-corrected chi connectivity index (χ1v) is 8.96. The minimum atomic E-state index is -3.43. The van der Waals surface area contributed by atoms with Gasteiger partial charge in [-0.05, 0) is 30.2 Å². The van der Waals surface area contributed by atoms with Crippen molar-refractivity contribution in [1.82, 2.24) is 14.0 Å². The minimum Gasteiger partial charge on any atom is -0.379 e.